The number of nitrogens with zero attached hydrogens (tertiary/aromatic N) is 2. The molecule has 1 unspecified atom stereocenters. The molecule has 1 aliphatic rings. The molecule has 1 amide bonds. The van der Waals surface area contributed by atoms with Crippen LogP contribution in [0.5, 0.6) is 0 Å². The molecule has 0 saturated carbocycles. The highest BCUT2D eigenvalue weighted by Crippen LogP contribution is 2.22. The summed E-state index contributed by atoms with van der Waals surface area (Å²) in [6, 6.07) is 6.18. The summed E-state index contributed by atoms with van der Waals surface area (Å²) in [7, 11) is 1.58. The van der Waals surface area contributed by atoms with Gasteiger partial charge in [-0.05, 0) is 24.6 Å². The molecule has 1 aliphatic heterocycles. The van der Waals surface area contributed by atoms with Gasteiger partial charge in [-0.25, -0.2) is 4.39 Å². The van der Waals surface area contributed by atoms with E-state index in [1.54, 1.807) is 26.1 Å². The average molecular weight is 338 g/mol. The lowest BCUT2D eigenvalue weighted by Crippen LogP contribution is -2.45. The molecule has 7 heteroatoms. The lowest BCUT2D eigenvalue weighted by atomic mass is 10.1. The summed E-state index contributed by atoms with van der Waals surface area (Å²) in [5.74, 6) is -0.857. The Kier molecular flexibility index (Phi) is 6.69. The van der Waals surface area contributed by atoms with Crippen LogP contribution < -0.4 is 0 Å². The van der Waals surface area contributed by atoms with Crippen molar-refractivity contribution in [1.82, 2.24) is 9.80 Å². The molecule has 0 aromatic heterocycles. The zero-order valence-electron chi connectivity index (χ0n) is 14.0. The quantitative estimate of drug-likeness (QED) is 0.730. The largest absolute Gasteiger partial charge is 0.465 e. The SMILES string of the molecule is CCOC(=O)CN(C)C(=O)CN1CCOC(c2ccc(F)cc2)C1. The molecular weight excluding hydrogens is 315 g/mol. The van der Waals surface area contributed by atoms with Crippen molar-refractivity contribution in [1.29, 1.82) is 0 Å². The Morgan fingerprint density at radius 2 is 2.08 bits per heavy atom. The third kappa shape index (κ3) is 5.28. The summed E-state index contributed by atoms with van der Waals surface area (Å²) in [5.41, 5.74) is 0.883. The second kappa shape index (κ2) is 8.75. The minimum atomic E-state index is -0.417. The molecule has 0 bridgehead atoms. The van der Waals surface area contributed by atoms with Crippen LogP contribution in [-0.4, -0.2) is 68.1 Å². The number of ether oxygens (including phenoxy) is 2. The Morgan fingerprint density at radius 3 is 2.75 bits per heavy atom. The number of carbonyl (C=O) groups excluding carboxylic acids is 2. The molecule has 1 atom stereocenters. The summed E-state index contributed by atoms with van der Waals surface area (Å²) in [5, 5.41) is 0. The molecule has 1 heterocycles. The normalized spacial score (nSPS) is 18.2. The van der Waals surface area contributed by atoms with E-state index in [9.17, 15) is 14.0 Å². The fourth-order valence-electron chi connectivity index (χ4n) is 2.53. The molecule has 0 aliphatic carbocycles. The fourth-order valence-corrected chi connectivity index (χ4v) is 2.53. The summed E-state index contributed by atoms with van der Waals surface area (Å²) in [6.45, 7) is 3.85. The molecule has 2 rings (SSSR count). The van der Waals surface area contributed by atoms with Gasteiger partial charge >= 0.3 is 5.97 Å². The lowest BCUT2D eigenvalue weighted by Gasteiger charge is -2.33. The van der Waals surface area contributed by atoms with E-state index >= 15 is 0 Å². The zero-order chi connectivity index (χ0) is 17.5. The number of hydrogen-bond acceptors (Lipinski definition) is 5. The molecule has 1 saturated heterocycles. The van der Waals surface area contributed by atoms with Gasteiger partial charge in [0.15, 0.2) is 0 Å². The summed E-state index contributed by atoms with van der Waals surface area (Å²) in [6.07, 6.45) is -0.192. The third-order valence-electron chi connectivity index (χ3n) is 3.85. The highest BCUT2D eigenvalue weighted by atomic mass is 19.1. The predicted octanol–water partition coefficient (Wildman–Crippen LogP) is 1.22. The van der Waals surface area contributed by atoms with Gasteiger partial charge in [-0.15, -0.1) is 0 Å². The van der Waals surface area contributed by atoms with Gasteiger partial charge < -0.3 is 14.4 Å². The van der Waals surface area contributed by atoms with Crippen LogP contribution in [0.3, 0.4) is 0 Å². The standard InChI is InChI=1S/C17H23FN2O4/c1-3-23-17(22)12-19(2)16(21)11-20-8-9-24-15(10-20)13-4-6-14(18)7-5-13/h4-7,15H,3,8-12H2,1-2H3. The molecule has 1 aromatic carbocycles. The van der Waals surface area contributed by atoms with Crippen LogP contribution in [0.25, 0.3) is 0 Å². The van der Waals surface area contributed by atoms with E-state index in [0.717, 1.165) is 5.56 Å². The second-order valence-corrected chi connectivity index (χ2v) is 5.70. The van der Waals surface area contributed by atoms with Gasteiger partial charge in [0, 0.05) is 20.1 Å². The molecular formula is C17H23FN2O4. The average Bonchev–Trinajstić information content (AvgIpc) is 2.56. The lowest BCUT2D eigenvalue weighted by molar-refractivity contribution is -0.148. The Labute approximate surface area is 141 Å². The minimum Gasteiger partial charge on any atom is -0.465 e. The maximum absolute atomic E-state index is 13.0. The number of hydrogen-bond donors (Lipinski definition) is 0. The van der Waals surface area contributed by atoms with Gasteiger partial charge in [-0.3, -0.25) is 14.5 Å². The molecule has 0 radical (unpaired) electrons. The highest BCUT2D eigenvalue weighted by molar-refractivity contribution is 5.83. The third-order valence-corrected chi connectivity index (χ3v) is 3.85. The van der Waals surface area contributed by atoms with Crippen molar-refractivity contribution in [2.75, 3.05) is 46.4 Å². The van der Waals surface area contributed by atoms with E-state index < -0.39 is 5.97 Å². The van der Waals surface area contributed by atoms with Crippen molar-refractivity contribution in [3.05, 3.63) is 35.6 Å². The van der Waals surface area contributed by atoms with Crippen molar-refractivity contribution in [3.8, 4) is 0 Å². The fraction of sp³-hybridized carbons (Fsp3) is 0.529. The van der Waals surface area contributed by atoms with E-state index in [0.29, 0.717) is 26.3 Å². The van der Waals surface area contributed by atoms with Crippen LogP contribution in [-0.2, 0) is 19.1 Å². The van der Waals surface area contributed by atoms with E-state index in [1.165, 1.54) is 17.0 Å². The number of likely N-dealkylation sites (N-methyl/N-ethyl adjacent to an activating group) is 1. The smallest absolute Gasteiger partial charge is 0.325 e. The maximum atomic E-state index is 13.0. The first kappa shape index (κ1) is 18.4. The number of rotatable bonds is 6. The summed E-state index contributed by atoms with van der Waals surface area (Å²) < 4.78 is 23.6. The number of benzene rings is 1. The van der Waals surface area contributed by atoms with E-state index in [-0.39, 0.29) is 30.9 Å². The molecule has 24 heavy (non-hydrogen) atoms. The first-order chi connectivity index (χ1) is 11.5. The van der Waals surface area contributed by atoms with Gasteiger partial charge in [0.25, 0.3) is 0 Å². The molecule has 1 fully saturated rings. The number of morpholine rings is 1. The highest BCUT2D eigenvalue weighted by Gasteiger charge is 2.25. The Morgan fingerprint density at radius 1 is 1.38 bits per heavy atom. The van der Waals surface area contributed by atoms with Crippen molar-refractivity contribution in [2.45, 2.75) is 13.0 Å². The van der Waals surface area contributed by atoms with Crippen molar-refractivity contribution in [3.63, 3.8) is 0 Å². The zero-order valence-corrected chi connectivity index (χ0v) is 14.0. The van der Waals surface area contributed by atoms with Crippen molar-refractivity contribution < 1.29 is 23.5 Å². The Balaban J connectivity index is 1.86. The van der Waals surface area contributed by atoms with E-state index in [1.807, 2.05) is 4.90 Å². The number of carbonyl (C=O) groups is 2. The Hall–Kier alpha value is -1.99. The maximum Gasteiger partial charge on any atom is 0.325 e. The first-order valence-electron chi connectivity index (χ1n) is 7.98. The number of esters is 1. The minimum absolute atomic E-state index is 0.0571. The van der Waals surface area contributed by atoms with Crippen LogP contribution in [0.4, 0.5) is 4.39 Å². The van der Waals surface area contributed by atoms with Gasteiger partial charge in [0.1, 0.15) is 12.4 Å². The van der Waals surface area contributed by atoms with Crippen molar-refractivity contribution in [2.24, 2.45) is 0 Å². The van der Waals surface area contributed by atoms with E-state index in [2.05, 4.69) is 0 Å². The van der Waals surface area contributed by atoms with Crippen LogP contribution in [0.2, 0.25) is 0 Å². The van der Waals surface area contributed by atoms with Crippen LogP contribution >= 0.6 is 0 Å². The van der Waals surface area contributed by atoms with Gasteiger partial charge in [-0.2, -0.15) is 0 Å². The summed E-state index contributed by atoms with van der Waals surface area (Å²) >= 11 is 0. The number of amides is 1. The monoisotopic (exact) mass is 338 g/mol. The first-order valence-corrected chi connectivity index (χ1v) is 7.98. The molecule has 0 N–H and O–H groups in total. The molecule has 1 aromatic rings. The van der Waals surface area contributed by atoms with Crippen LogP contribution in [0, 0.1) is 5.82 Å². The molecule has 6 nitrogen and oxygen atoms in total. The molecule has 0 spiro atoms. The Bertz CT molecular complexity index is 564. The topological polar surface area (TPSA) is 59.1 Å². The van der Waals surface area contributed by atoms with Crippen LogP contribution in [0.15, 0.2) is 24.3 Å². The van der Waals surface area contributed by atoms with Crippen molar-refractivity contribution >= 4 is 11.9 Å². The number of halogens is 1. The van der Waals surface area contributed by atoms with Crippen LogP contribution in [0.1, 0.15) is 18.6 Å². The predicted molar refractivity (Wildman–Crippen MR) is 85.8 cm³/mol. The second-order valence-electron chi connectivity index (χ2n) is 5.70. The van der Waals surface area contributed by atoms with Gasteiger partial charge in [0.2, 0.25) is 5.91 Å². The van der Waals surface area contributed by atoms with Gasteiger partial charge in [0.05, 0.1) is 25.9 Å². The molecule has 132 valence electrons. The summed E-state index contributed by atoms with van der Waals surface area (Å²) in [4.78, 5) is 27.0. The van der Waals surface area contributed by atoms with Gasteiger partial charge in [-0.1, -0.05) is 12.1 Å². The van der Waals surface area contributed by atoms with E-state index in [4.69, 9.17) is 9.47 Å².